The molecule has 0 N–H and O–H groups in total. The van der Waals surface area contributed by atoms with Crippen molar-refractivity contribution in [1.29, 1.82) is 0 Å². The first kappa shape index (κ1) is 33.4. The van der Waals surface area contributed by atoms with E-state index in [9.17, 15) is 0 Å². The first-order valence-electron chi connectivity index (χ1n) is 17.1. The van der Waals surface area contributed by atoms with Gasteiger partial charge in [0.15, 0.2) is 0 Å². The Bertz CT molecular complexity index is 2030. The van der Waals surface area contributed by atoms with Crippen molar-refractivity contribution >= 4 is 25.8 Å². The van der Waals surface area contributed by atoms with E-state index < -0.39 is 15.9 Å². The Morgan fingerprint density at radius 1 is 0.562 bits per heavy atom. The van der Waals surface area contributed by atoms with Crippen LogP contribution in [0, 0.1) is 0 Å². The summed E-state index contributed by atoms with van der Waals surface area (Å²) in [7, 11) is 17.9. The van der Waals surface area contributed by atoms with Crippen LogP contribution in [-0.4, -0.2) is 3.21 Å². The van der Waals surface area contributed by atoms with E-state index in [1.54, 1.807) is 0 Å². The predicted octanol–water partition coefficient (Wildman–Crippen LogP) is 13.1. The van der Waals surface area contributed by atoms with Crippen LogP contribution in [0.25, 0.3) is 16.7 Å². The van der Waals surface area contributed by atoms with Crippen LogP contribution in [0.3, 0.4) is 0 Å². The van der Waals surface area contributed by atoms with Crippen molar-refractivity contribution in [2.24, 2.45) is 0 Å². The maximum atomic E-state index is 8.95. The summed E-state index contributed by atoms with van der Waals surface area (Å²) in [5.74, 6) is 0. The molecule has 0 aliphatic heterocycles. The van der Waals surface area contributed by atoms with Crippen LogP contribution in [0.1, 0.15) is 84.1 Å². The molecule has 242 valence electrons. The van der Waals surface area contributed by atoms with E-state index in [0.29, 0.717) is 0 Å². The number of halogens is 2. The van der Waals surface area contributed by atoms with Gasteiger partial charge in [-0.05, 0) is 0 Å². The van der Waals surface area contributed by atoms with Gasteiger partial charge < -0.3 is 0 Å². The fourth-order valence-corrected chi connectivity index (χ4v) is 28.7. The fourth-order valence-electron chi connectivity index (χ4n) is 8.01. The second-order valence-electron chi connectivity index (χ2n) is 15.7. The summed E-state index contributed by atoms with van der Waals surface area (Å²) in [5, 5.41) is 0. The molecule has 0 saturated heterocycles. The zero-order chi connectivity index (χ0) is 33.9. The molecule has 5 aromatic rings. The summed E-state index contributed by atoms with van der Waals surface area (Å²) in [4.78, 5) is 0. The van der Waals surface area contributed by atoms with Gasteiger partial charge in [0.1, 0.15) is 0 Å². The van der Waals surface area contributed by atoms with Crippen molar-refractivity contribution < 1.29 is 15.9 Å². The predicted molar refractivity (Wildman–Crippen MR) is 206 cm³/mol. The van der Waals surface area contributed by atoms with Crippen LogP contribution in [0.4, 0.5) is 0 Å². The number of fused-ring (bicyclic) bond motifs is 3. The Kier molecular flexibility index (Phi) is 8.39. The van der Waals surface area contributed by atoms with Gasteiger partial charge in [-0.15, -0.1) is 0 Å². The molecule has 0 bridgehead atoms. The van der Waals surface area contributed by atoms with Crippen molar-refractivity contribution in [3.05, 3.63) is 185 Å². The number of allylic oxidation sites excluding steroid dienone is 4. The molecule has 0 spiro atoms. The molecule has 2 aliphatic carbocycles. The van der Waals surface area contributed by atoms with E-state index in [2.05, 4.69) is 187 Å². The number of benzene rings is 5. The van der Waals surface area contributed by atoms with Gasteiger partial charge >= 0.3 is 297 Å². The van der Waals surface area contributed by atoms with Gasteiger partial charge in [0.25, 0.3) is 0 Å². The summed E-state index contributed by atoms with van der Waals surface area (Å²) in [6.45, 7) is 13.8. The number of hydrogen-bond donors (Lipinski definition) is 0. The van der Waals surface area contributed by atoms with E-state index in [1.165, 1.54) is 44.5 Å². The molecule has 0 saturated carbocycles. The number of hydrogen-bond acceptors (Lipinski definition) is 0. The Hall–Kier alpha value is -3.09. The summed E-state index contributed by atoms with van der Waals surface area (Å²) < 4.78 is 0.766. The Morgan fingerprint density at radius 3 is 1.46 bits per heavy atom. The second kappa shape index (κ2) is 12.1. The molecule has 3 heteroatoms. The zero-order valence-corrected chi connectivity index (χ0v) is 32.7. The van der Waals surface area contributed by atoms with E-state index in [-0.39, 0.29) is 18.1 Å². The quantitative estimate of drug-likeness (QED) is 0.168. The third-order valence-corrected chi connectivity index (χ3v) is 30.0. The van der Waals surface area contributed by atoms with Gasteiger partial charge in [-0.3, -0.25) is 0 Å². The average molecular weight is 747 g/mol. The van der Waals surface area contributed by atoms with Gasteiger partial charge in [0, 0.05) is 0 Å². The maximum absolute atomic E-state index is 8.95. The molecule has 48 heavy (non-hydrogen) atoms. The third-order valence-electron chi connectivity index (χ3n) is 10.4. The topological polar surface area (TPSA) is 0 Å². The molecule has 0 nitrogen and oxygen atoms in total. The van der Waals surface area contributed by atoms with Crippen LogP contribution in [0.5, 0.6) is 0 Å². The molecule has 0 heterocycles. The normalized spacial score (nSPS) is 16.4. The monoisotopic (exact) mass is 744 g/mol. The summed E-state index contributed by atoms with van der Waals surface area (Å²) >= 11 is -5.57. The Morgan fingerprint density at radius 2 is 1.00 bits per heavy atom. The number of rotatable bonds is 5. The molecule has 7 rings (SSSR count). The molecule has 1 unspecified atom stereocenters. The van der Waals surface area contributed by atoms with Crippen molar-refractivity contribution in [3.8, 4) is 11.1 Å². The average Bonchev–Trinajstić information content (AvgIpc) is 3.70. The summed E-state index contributed by atoms with van der Waals surface area (Å²) in [6.07, 6.45) is 6.83. The van der Waals surface area contributed by atoms with Crippen molar-refractivity contribution in [1.82, 2.24) is 0 Å². The second-order valence-corrected chi connectivity index (χ2v) is 36.3. The van der Waals surface area contributed by atoms with Gasteiger partial charge in [0.05, 0.1) is 0 Å². The van der Waals surface area contributed by atoms with Crippen molar-refractivity contribution in [2.45, 2.75) is 59.6 Å². The Balaban J connectivity index is 1.63. The van der Waals surface area contributed by atoms with Crippen LogP contribution in [0.15, 0.2) is 146 Å². The summed E-state index contributed by atoms with van der Waals surface area (Å²) in [6, 6.07) is 46.2. The Labute approximate surface area is 294 Å². The zero-order valence-electron chi connectivity index (χ0n) is 28.8. The van der Waals surface area contributed by atoms with Gasteiger partial charge in [-0.2, -0.15) is 0 Å². The van der Waals surface area contributed by atoms with Gasteiger partial charge in [-0.25, -0.2) is 0 Å². The summed E-state index contributed by atoms with van der Waals surface area (Å²) in [5.41, 5.74) is 12.2. The first-order chi connectivity index (χ1) is 22.8. The van der Waals surface area contributed by atoms with Crippen LogP contribution >= 0.6 is 17.0 Å². The molecule has 0 aromatic heterocycles. The molecule has 0 amide bonds. The minimum atomic E-state index is -5.57. The molecule has 1 atom stereocenters. The van der Waals surface area contributed by atoms with Crippen LogP contribution < -0.4 is 0 Å². The SMILES string of the molecule is CC(C)(C)c1cc(C2=CC=C[CH]2[Zr]([Cl])([Cl])(=[C](c2ccccc2)c2ccccc2)[CH]2c3ccccc3-c3ccccc32)cc(C(C)(C)C)c1. The van der Waals surface area contributed by atoms with Gasteiger partial charge in [-0.1, -0.05) is 0 Å². The standard InChI is InChI=1S/C19H25.C13H9.C13H10.2ClH.Zr/c1-18(2,3)16-11-15(14-9-7-8-10-14)12-17(13-16)19(4,5)6;1-3-7-12-10(5-1)9-11-6-2-4-8-13(11)12;1-3-7-12(8-4-1)11-13-9-5-2-6-10-13;;;/h7-13H,1-6H3;1-9H;1-10H;2*1H;/q;;;;;+2/p-2. The van der Waals surface area contributed by atoms with E-state index in [0.717, 1.165) is 14.3 Å². The van der Waals surface area contributed by atoms with Crippen LogP contribution in [-0.2, 0) is 26.7 Å². The van der Waals surface area contributed by atoms with Crippen LogP contribution in [0.2, 0.25) is 3.63 Å². The first-order valence-corrected chi connectivity index (χ1v) is 27.5. The molecule has 2 aliphatic rings. The fraction of sp³-hybridized carbons (Fsp3) is 0.222. The molecule has 0 fully saturated rings. The molecular formula is C45H44Cl2Zr. The molecule has 5 aromatic carbocycles. The third kappa shape index (κ3) is 5.52. The molecule has 0 radical (unpaired) electrons. The van der Waals surface area contributed by atoms with E-state index in [4.69, 9.17) is 17.0 Å². The molecular weight excluding hydrogens is 703 g/mol. The van der Waals surface area contributed by atoms with Crippen molar-refractivity contribution in [3.63, 3.8) is 0 Å². The van der Waals surface area contributed by atoms with E-state index >= 15 is 0 Å². The van der Waals surface area contributed by atoms with Crippen molar-refractivity contribution in [2.75, 3.05) is 0 Å². The van der Waals surface area contributed by atoms with Gasteiger partial charge in [0.2, 0.25) is 0 Å². The minimum absolute atomic E-state index is 0.0211. The van der Waals surface area contributed by atoms with E-state index in [1.807, 2.05) is 0 Å².